The Morgan fingerprint density at radius 1 is 1.37 bits per heavy atom. The first-order valence-corrected chi connectivity index (χ1v) is 6.07. The number of phenols is 1. The number of halogens is 1. The molecule has 5 heteroatoms. The summed E-state index contributed by atoms with van der Waals surface area (Å²) in [5, 5.41) is 22.2. The zero-order valence-corrected chi connectivity index (χ0v) is 10.5. The van der Waals surface area contributed by atoms with Crippen LogP contribution in [-0.4, -0.2) is 22.2 Å². The van der Waals surface area contributed by atoms with Crippen molar-refractivity contribution in [2.75, 3.05) is 5.32 Å². The topological polar surface area (TPSA) is 69.6 Å². The molecule has 96 valence electrons. The number of rotatable bonds is 1. The Hall–Kier alpha value is -2.20. The number of anilines is 1. The highest BCUT2D eigenvalue weighted by Crippen LogP contribution is 2.41. The van der Waals surface area contributed by atoms with Gasteiger partial charge in [0.05, 0.1) is 22.3 Å². The summed E-state index contributed by atoms with van der Waals surface area (Å²) in [4.78, 5) is 11.2. The summed E-state index contributed by atoms with van der Waals surface area (Å²) in [7, 11) is 0. The monoisotopic (exact) mass is 275 g/mol. The van der Waals surface area contributed by atoms with Crippen LogP contribution in [0.2, 0.25) is 5.02 Å². The molecule has 4 nitrogen and oxygen atoms in total. The van der Waals surface area contributed by atoms with Gasteiger partial charge in [-0.3, -0.25) is 0 Å². The molecule has 1 heterocycles. The van der Waals surface area contributed by atoms with Crippen LogP contribution < -0.4 is 5.32 Å². The molecule has 0 fully saturated rings. The van der Waals surface area contributed by atoms with Crippen LogP contribution in [0.15, 0.2) is 35.9 Å². The molecule has 3 rings (SSSR count). The zero-order valence-electron chi connectivity index (χ0n) is 9.72. The van der Waals surface area contributed by atoms with E-state index in [1.54, 1.807) is 6.08 Å². The van der Waals surface area contributed by atoms with Gasteiger partial charge in [0, 0.05) is 5.56 Å². The number of carboxylic acids is 1. The van der Waals surface area contributed by atoms with Crippen molar-refractivity contribution in [1.82, 2.24) is 0 Å². The zero-order chi connectivity index (χ0) is 13.6. The number of allylic oxidation sites excluding steroid dienone is 2. The Morgan fingerprint density at radius 3 is 2.89 bits per heavy atom. The average molecular weight is 276 g/mol. The maximum Gasteiger partial charge on any atom is 0.337 e. The Labute approximate surface area is 114 Å². The highest BCUT2D eigenvalue weighted by atomic mass is 35.5. The number of nitrogens with one attached hydrogen (secondary N) is 1. The fraction of sp³-hybridized carbons (Fsp3) is 0.0714. The van der Waals surface area contributed by atoms with Gasteiger partial charge in [-0.25, -0.2) is 4.79 Å². The minimum absolute atomic E-state index is 0.00940. The van der Waals surface area contributed by atoms with E-state index in [1.807, 2.05) is 24.3 Å². The largest absolute Gasteiger partial charge is 0.506 e. The lowest BCUT2D eigenvalue weighted by molar-refractivity contribution is 0.0697. The van der Waals surface area contributed by atoms with Crippen LogP contribution in [0.1, 0.15) is 15.9 Å². The highest BCUT2D eigenvalue weighted by molar-refractivity contribution is 6.34. The maximum absolute atomic E-state index is 11.2. The van der Waals surface area contributed by atoms with Crippen molar-refractivity contribution in [3.63, 3.8) is 0 Å². The van der Waals surface area contributed by atoms with Crippen molar-refractivity contribution in [1.29, 1.82) is 0 Å². The van der Waals surface area contributed by atoms with Gasteiger partial charge in [-0.2, -0.15) is 0 Å². The molecule has 0 amide bonds. The fourth-order valence-corrected chi connectivity index (χ4v) is 2.48. The third-order valence-electron chi connectivity index (χ3n) is 3.18. The van der Waals surface area contributed by atoms with E-state index in [9.17, 15) is 15.0 Å². The second-order valence-corrected chi connectivity index (χ2v) is 4.74. The van der Waals surface area contributed by atoms with Gasteiger partial charge in [0.25, 0.3) is 0 Å². The highest BCUT2D eigenvalue weighted by Gasteiger charge is 2.26. The van der Waals surface area contributed by atoms with Crippen LogP contribution in [0.4, 0.5) is 5.69 Å². The van der Waals surface area contributed by atoms with E-state index < -0.39 is 5.97 Å². The molecular formula is C14H10ClNO3. The van der Waals surface area contributed by atoms with Gasteiger partial charge in [0.1, 0.15) is 5.75 Å². The number of carbonyl (C=O) groups is 1. The number of hydrogen-bond donors (Lipinski definition) is 3. The first-order chi connectivity index (χ1) is 9.08. The fourth-order valence-electron chi connectivity index (χ4n) is 2.27. The predicted octanol–water partition coefficient (Wildman–Crippen LogP) is 3.05. The number of hydrogen-bond acceptors (Lipinski definition) is 3. The molecule has 1 aliphatic carbocycles. The quantitative estimate of drug-likeness (QED) is 0.689. The van der Waals surface area contributed by atoms with E-state index in [0.29, 0.717) is 11.3 Å². The van der Waals surface area contributed by atoms with Crippen LogP contribution in [0.3, 0.4) is 0 Å². The van der Waals surface area contributed by atoms with E-state index in [1.165, 1.54) is 0 Å². The summed E-state index contributed by atoms with van der Waals surface area (Å²) in [6.45, 7) is 0. The molecule has 1 aliphatic heterocycles. The number of fused-ring (bicyclic) bond motifs is 2. The lowest BCUT2D eigenvalue weighted by Gasteiger charge is -2.28. The second kappa shape index (κ2) is 4.17. The van der Waals surface area contributed by atoms with Crippen LogP contribution in [0.5, 0.6) is 5.75 Å². The maximum atomic E-state index is 11.2. The van der Waals surface area contributed by atoms with Crippen LogP contribution in [-0.2, 0) is 0 Å². The third-order valence-corrected chi connectivity index (χ3v) is 3.58. The Morgan fingerprint density at radius 2 is 2.16 bits per heavy atom. The van der Waals surface area contributed by atoms with E-state index in [2.05, 4.69) is 5.32 Å². The Balaban J connectivity index is 2.26. The Bertz CT molecular complexity index is 674. The van der Waals surface area contributed by atoms with Crippen molar-refractivity contribution in [3.05, 3.63) is 52.1 Å². The molecule has 1 aromatic carbocycles. The summed E-state index contributed by atoms with van der Waals surface area (Å²) in [6, 6.07) is 1.09. The summed E-state index contributed by atoms with van der Waals surface area (Å²) < 4.78 is 0. The molecule has 1 atom stereocenters. The molecule has 19 heavy (non-hydrogen) atoms. The average Bonchev–Trinajstić information content (AvgIpc) is 2.41. The molecule has 0 saturated heterocycles. The minimum atomic E-state index is -1.11. The normalized spacial score (nSPS) is 19.2. The van der Waals surface area contributed by atoms with Crippen molar-refractivity contribution in [2.24, 2.45) is 0 Å². The lowest BCUT2D eigenvalue weighted by atomic mass is 9.92. The standard InChI is InChI=1S/C14H10ClNO3/c15-12-8-5-7-3-1-2-4-10(7)16-13(8)9(14(18)19)6-11(12)17/h1-6,10,16-17H,(H,18,19). The van der Waals surface area contributed by atoms with Crippen molar-refractivity contribution >= 4 is 29.3 Å². The van der Waals surface area contributed by atoms with Gasteiger partial charge in [0.2, 0.25) is 0 Å². The van der Waals surface area contributed by atoms with Crippen LogP contribution in [0.25, 0.3) is 6.08 Å². The van der Waals surface area contributed by atoms with Crippen molar-refractivity contribution < 1.29 is 15.0 Å². The molecule has 0 bridgehead atoms. The number of carboxylic acid groups (broad SMARTS) is 1. The number of phenolic OH excluding ortho intramolecular Hbond substituents is 1. The minimum Gasteiger partial charge on any atom is -0.506 e. The molecule has 2 aliphatic rings. The smallest absolute Gasteiger partial charge is 0.337 e. The third kappa shape index (κ3) is 1.81. The molecule has 0 aromatic heterocycles. The number of aromatic carboxylic acids is 1. The summed E-state index contributed by atoms with van der Waals surface area (Å²) >= 11 is 6.05. The van der Waals surface area contributed by atoms with Gasteiger partial charge >= 0.3 is 5.97 Å². The molecule has 1 unspecified atom stereocenters. The van der Waals surface area contributed by atoms with Crippen molar-refractivity contribution in [2.45, 2.75) is 6.04 Å². The van der Waals surface area contributed by atoms with Crippen molar-refractivity contribution in [3.8, 4) is 5.75 Å². The second-order valence-electron chi connectivity index (χ2n) is 4.36. The molecular weight excluding hydrogens is 266 g/mol. The molecule has 3 N–H and O–H groups in total. The van der Waals surface area contributed by atoms with Gasteiger partial charge in [-0.15, -0.1) is 0 Å². The van der Waals surface area contributed by atoms with Gasteiger partial charge in [0.15, 0.2) is 0 Å². The molecule has 1 aromatic rings. The molecule has 0 radical (unpaired) electrons. The van der Waals surface area contributed by atoms with Crippen LogP contribution in [0, 0.1) is 0 Å². The van der Waals surface area contributed by atoms with Gasteiger partial charge in [-0.1, -0.05) is 35.9 Å². The van der Waals surface area contributed by atoms with Gasteiger partial charge in [-0.05, 0) is 17.7 Å². The molecule has 0 spiro atoms. The van der Waals surface area contributed by atoms with E-state index >= 15 is 0 Å². The van der Waals surface area contributed by atoms with E-state index in [0.717, 1.165) is 11.6 Å². The number of aromatic hydroxyl groups is 1. The Kier molecular flexibility index (Phi) is 2.61. The molecule has 0 saturated carbocycles. The first-order valence-electron chi connectivity index (χ1n) is 5.69. The summed E-state index contributed by atoms with van der Waals surface area (Å²) in [5.41, 5.74) is 1.92. The predicted molar refractivity (Wildman–Crippen MR) is 73.7 cm³/mol. The summed E-state index contributed by atoms with van der Waals surface area (Å²) in [5.74, 6) is -1.34. The van der Waals surface area contributed by atoms with Crippen LogP contribution >= 0.6 is 11.6 Å². The van der Waals surface area contributed by atoms with E-state index in [4.69, 9.17) is 11.6 Å². The lowest BCUT2D eigenvalue weighted by Crippen LogP contribution is -2.25. The SMILES string of the molecule is O=C(O)c1cc(O)c(Cl)c2c1NC1C=CC=CC1=C2. The number of benzene rings is 1. The van der Waals surface area contributed by atoms with Gasteiger partial charge < -0.3 is 15.5 Å². The summed E-state index contributed by atoms with van der Waals surface area (Å²) in [6.07, 6.45) is 9.43. The van der Waals surface area contributed by atoms with E-state index in [-0.39, 0.29) is 22.4 Å². The first kappa shape index (κ1) is 11.9.